The molecular weight excluding hydrogens is 198 g/mol. The molecule has 15 heavy (non-hydrogen) atoms. The number of aryl methyl sites for hydroxylation is 1. The van der Waals surface area contributed by atoms with Crippen LogP contribution < -0.4 is 10.4 Å². The number of ether oxygens (including phenoxy) is 1. The van der Waals surface area contributed by atoms with Gasteiger partial charge in [-0.2, -0.15) is 0 Å². The summed E-state index contributed by atoms with van der Waals surface area (Å²) < 4.78 is 9.72. The second kappa shape index (κ2) is 6.21. The zero-order valence-corrected chi connectivity index (χ0v) is 8.69. The van der Waals surface area contributed by atoms with Gasteiger partial charge in [-0.15, -0.1) is 0 Å². The van der Waals surface area contributed by atoms with Gasteiger partial charge in [-0.25, -0.2) is 0 Å². The number of carbonyl (C=O) groups is 1. The standard InChI is InChI=1S/C6H6O3.C4H9NO/c1-4-2-3-5(9-4)6(7)8;1-3-6-4-2-5-1/h2-3H,1H3,(H,7,8);5H,1-4H2. The summed E-state index contributed by atoms with van der Waals surface area (Å²) >= 11 is 0. The molecule has 1 fully saturated rings. The van der Waals surface area contributed by atoms with Crippen LogP contribution in [0, 0.1) is 6.92 Å². The van der Waals surface area contributed by atoms with Crippen molar-refractivity contribution in [2.75, 3.05) is 26.3 Å². The van der Waals surface area contributed by atoms with E-state index in [0.717, 1.165) is 26.3 Å². The highest BCUT2D eigenvalue weighted by Gasteiger charge is 1.97. The predicted octanol–water partition coefficient (Wildman–Crippen LogP) is -1.47. The first-order chi connectivity index (χ1) is 7.20. The van der Waals surface area contributed by atoms with E-state index in [1.165, 1.54) is 6.07 Å². The van der Waals surface area contributed by atoms with Crippen molar-refractivity contribution >= 4 is 5.97 Å². The number of hydrogen-bond acceptors (Lipinski definition) is 4. The van der Waals surface area contributed by atoms with Crippen LogP contribution in [-0.2, 0) is 4.74 Å². The number of furan rings is 1. The summed E-state index contributed by atoms with van der Waals surface area (Å²) in [4.78, 5) is 10.0. The molecule has 1 aromatic rings. The fourth-order valence-corrected chi connectivity index (χ4v) is 1.12. The summed E-state index contributed by atoms with van der Waals surface area (Å²) in [6.07, 6.45) is 0. The molecule has 0 atom stereocenters. The van der Waals surface area contributed by atoms with Crippen molar-refractivity contribution < 1.29 is 24.4 Å². The molecule has 1 aliphatic rings. The summed E-state index contributed by atoms with van der Waals surface area (Å²) in [7, 11) is 0. The van der Waals surface area contributed by atoms with Crippen LogP contribution in [0.2, 0.25) is 0 Å². The van der Waals surface area contributed by atoms with Gasteiger partial charge in [-0.3, -0.25) is 0 Å². The number of nitrogens with two attached hydrogens (primary N) is 1. The van der Waals surface area contributed by atoms with Gasteiger partial charge in [-0.05, 0) is 19.1 Å². The van der Waals surface area contributed by atoms with Gasteiger partial charge in [0, 0.05) is 0 Å². The third-order valence-corrected chi connectivity index (χ3v) is 1.87. The molecule has 0 aromatic carbocycles. The van der Waals surface area contributed by atoms with E-state index >= 15 is 0 Å². The molecule has 0 bridgehead atoms. The van der Waals surface area contributed by atoms with Crippen LogP contribution in [-0.4, -0.2) is 32.3 Å². The molecular formula is C10H15NO4. The Balaban J connectivity index is 0.000000162. The van der Waals surface area contributed by atoms with Crippen LogP contribution in [0.3, 0.4) is 0 Å². The third kappa shape index (κ3) is 4.62. The SMILES string of the molecule is C1COCC[NH2+]1.Cc1ccc(C(=O)[O-])o1. The van der Waals surface area contributed by atoms with Crippen LogP contribution in [0.4, 0.5) is 0 Å². The van der Waals surface area contributed by atoms with Crippen molar-refractivity contribution in [3.63, 3.8) is 0 Å². The summed E-state index contributed by atoms with van der Waals surface area (Å²) in [5.74, 6) is -0.815. The number of carboxylic acid groups (broad SMARTS) is 1. The maximum Gasteiger partial charge on any atom is 0.149 e. The lowest BCUT2D eigenvalue weighted by atomic mass is 10.4. The highest BCUT2D eigenvalue weighted by molar-refractivity contribution is 5.82. The van der Waals surface area contributed by atoms with Crippen molar-refractivity contribution in [1.82, 2.24) is 0 Å². The lowest BCUT2D eigenvalue weighted by molar-refractivity contribution is -0.670. The van der Waals surface area contributed by atoms with E-state index in [4.69, 9.17) is 4.74 Å². The Morgan fingerprint density at radius 2 is 2.07 bits per heavy atom. The van der Waals surface area contributed by atoms with Crippen LogP contribution >= 0.6 is 0 Å². The van der Waals surface area contributed by atoms with E-state index in [-0.39, 0.29) is 5.76 Å². The molecule has 0 saturated carbocycles. The number of quaternary nitrogens is 1. The molecule has 2 rings (SSSR count). The number of rotatable bonds is 1. The Bertz CT molecular complexity index is 293. The van der Waals surface area contributed by atoms with Gasteiger partial charge in [-0.1, -0.05) is 0 Å². The third-order valence-electron chi connectivity index (χ3n) is 1.87. The first kappa shape index (κ1) is 11.7. The molecule has 2 N–H and O–H groups in total. The molecule has 0 unspecified atom stereocenters. The highest BCUT2D eigenvalue weighted by Crippen LogP contribution is 2.03. The van der Waals surface area contributed by atoms with Crippen LogP contribution in [0.25, 0.3) is 0 Å². The summed E-state index contributed by atoms with van der Waals surface area (Å²) in [6, 6.07) is 2.94. The van der Waals surface area contributed by atoms with Crippen molar-refractivity contribution in [2.45, 2.75) is 6.92 Å². The Labute approximate surface area is 88.0 Å². The number of carbonyl (C=O) groups excluding carboxylic acids is 1. The van der Waals surface area contributed by atoms with Gasteiger partial charge in [0.15, 0.2) is 0 Å². The lowest BCUT2D eigenvalue weighted by Crippen LogP contribution is -2.87. The number of aromatic carboxylic acids is 1. The first-order valence-electron chi connectivity index (χ1n) is 4.87. The molecule has 0 radical (unpaired) electrons. The maximum absolute atomic E-state index is 10.0. The molecule has 2 heterocycles. The van der Waals surface area contributed by atoms with Crippen LogP contribution in [0.1, 0.15) is 16.3 Å². The summed E-state index contributed by atoms with van der Waals surface area (Å²) in [6.45, 7) is 5.87. The topological polar surface area (TPSA) is 79.1 Å². The molecule has 0 amide bonds. The van der Waals surface area contributed by atoms with Crippen molar-refractivity contribution in [2.24, 2.45) is 0 Å². The predicted molar refractivity (Wildman–Crippen MR) is 50.3 cm³/mol. The van der Waals surface area contributed by atoms with Crippen LogP contribution in [0.15, 0.2) is 16.5 Å². The molecule has 1 aromatic heterocycles. The van der Waals surface area contributed by atoms with E-state index in [9.17, 15) is 9.90 Å². The molecule has 5 nitrogen and oxygen atoms in total. The van der Waals surface area contributed by atoms with E-state index < -0.39 is 5.97 Å². The van der Waals surface area contributed by atoms with Gasteiger partial charge in [0.05, 0.1) is 26.3 Å². The van der Waals surface area contributed by atoms with Gasteiger partial charge in [0.1, 0.15) is 17.5 Å². The van der Waals surface area contributed by atoms with Gasteiger partial charge in [0.2, 0.25) is 0 Å². The first-order valence-corrected chi connectivity index (χ1v) is 4.87. The average Bonchev–Trinajstić information content (AvgIpc) is 2.69. The zero-order valence-electron chi connectivity index (χ0n) is 8.69. The summed E-state index contributed by atoms with van der Waals surface area (Å²) in [5.41, 5.74) is 0. The van der Waals surface area contributed by atoms with Crippen molar-refractivity contribution in [1.29, 1.82) is 0 Å². The second-order valence-corrected chi connectivity index (χ2v) is 3.18. The van der Waals surface area contributed by atoms with Crippen molar-refractivity contribution in [3.8, 4) is 0 Å². The zero-order chi connectivity index (χ0) is 11.1. The van der Waals surface area contributed by atoms with Gasteiger partial charge >= 0.3 is 0 Å². The summed E-state index contributed by atoms with van der Waals surface area (Å²) in [5, 5.41) is 12.3. The Morgan fingerprint density at radius 1 is 1.40 bits per heavy atom. The van der Waals surface area contributed by atoms with E-state index in [0.29, 0.717) is 5.76 Å². The highest BCUT2D eigenvalue weighted by atomic mass is 16.5. The quantitative estimate of drug-likeness (QED) is 0.617. The molecule has 5 heteroatoms. The average molecular weight is 213 g/mol. The van der Waals surface area contributed by atoms with Crippen LogP contribution in [0.5, 0.6) is 0 Å². The maximum atomic E-state index is 10.0. The monoisotopic (exact) mass is 213 g/mol. The Hall–Kier alpha value is -1.33. The molecule has 1 aliphatic heterocycles. The minimum Gasteiger partial charge on any atom is -0.542 e. The number of carboxylic acids is 1. The molecule has 84 valence electrons. The number of hydrogen-bond donors (Lipinski definition) is 1. The van der Waals surface area contributed by atoms with E-state index in [2.05, 4.69) is 9.73 Å². The fourth-order valence-electron chi connectivity index (χ4n) is 1.12. The second-order valence-electron chi connectivity index (χ2n) is 3.18. The minimum absolute atomic E-state index is 0.118. The lowest BCUT2D eigenvalue weighted by Gasteiger charge is -2.07. The fraction of sp³-hybridized carbons (Fsp3) is 0.500. The minimum atomic E-state index is -1.27. The van der Waals surface area contributed by atoms with Crippen molar-refractivity contribution in [3.05, 3.63) is 23.7 Å². The van der Waals surface area contributed by atoms with Gasteiger partial charge < -0.3 is 24.4 Å². The largest absolute Gasteiger partial charge is 0.542 e. The Morgan fingerprint density at radius 3 is 2.27 bits per heavy atom. The Kier molecular flexibility index (Phi) is 4.86. The number of morpholine rings is 1. The molecule has 0 aliphatic carbocycles. The normalized spacial score (nSPS) is 15.3. The van der Waals surface area contributed by atoms with Gasteiger partial charge in [0.25, 0.3) is 0 Å². The van der Waals surface area contributed by atoms with E-state index in [1.807, 2.05) is 0 Å². The smallest absolute Gasteiger partial charge is 0.149 e. The van der Waals surface area contributed by atoms with E-state index in [1.54, 1.807) is 13.0 Å². The molecule has 0 spiro atoms. The molecule has 1 saturated heterocycles.